The molecule has 0 saturated carbocycles. The predicted molar refractivity (Wildman–Crippen MR) is 79.1 cm³/mol. The molecular formula is C12H21N3O3S2. The Kier molecular flexibility index (Phi) is 5.50. The van der Waals surface area contributed by atoms with Crippen LogP contribution in [0.25, 0.3) is 0 Å². The highest BCUT2D eigenvalue weighted by Gasteiger charge is 2.27. The smallest absolute Gasteiger partial charge is 0.279 e. The lowest BCUT2D eigenvalue weighted by Crippen LogP contribution is -2.46. The number of thiazole rings is 1. The SMILES string of the molecule is COC1CCN(S(=O)(=O)NCCc2nc(C)cs2)CC1. The fourth-order valence-corrected chi connectivity index (χ4v) is 4.21. The van der Waals surface area contributed by atoms with Crippen LogP contribution in [0.15, 0.2) is 5.38 Å². The van der Waals surface area contributed by atoms with Crippen LogP contribution in [0, 0.1) is 6.92 Å². The number of hydrogen-bond donors (Lipinski definition) is 1. The van der Waals surface area contributed by atoms with Gasteiger partial charge in [-0.1, -0.05) is 0 Å². The molecule has 2 heterocycles. The van der Waals surface area contributed by atoms with Gasteiger partial charge in [0.15, 0.2) is 0 Å². The van der Waals surface area contributed by atoms with Crippen LogP contribution in [-0.4, -0.2) is 50.6 Å². The number of nitrogens with one attached hydrogen (secondary N) is 1. The summed E-state index contributed by atoms with van der Waals surface area (Å²) in [6.45, 7) is 3.36. The van der Waals surface area contributed by atoms with E-state index in [1.807, 2.05) is 12.3 Å². The van der Waals surface area contributed by atoms with Crippen molar-refractivity contribution in [1.82, 2.24) is 14.0 Å². The zero-order chi connectivity index (χ0) is 14.6. The second-order valence-corrected chi connectivity index (χ2v) is 7.56. The van der Waals surface area contributed by atoms with Gasteiger partial charge in [0, 0.05) is 44.2 Å². The van der Waals surface area contributed by atoms with Gasteiger partial charge in [0.1, 0.15) is 0 Å². The van der Waals surface area contributed by atoms with Crippen LogP contribution in [0.4, 0.5) is 0 Å². The third-order valence-electron chi connectivity index (χ3n) is 3.36. The molecule has 0 atom stereocenters. The van der Waals surface area contributed by atoms with Crippen LogP contribution in [0.5, 0.6) is 0 Å². The third-order valence-corrected chi connectivity index (χ3v) is 6.00. The van der Waals surface area contributed by atoms with Crippen LogP contribution >= 0.6 is 11.3 Å². The number of piperidine rings is 1. The molecule has 6 nitrogen and oxygen atoms in total. The van der Waals surface area contributed by atoms with Crippen molar-refractivity contribution in [3.8, 4) is 0 Å². The summed E-state index contributed by atoms with van der Waals surface area (Å²) in [5, 5.41) is 2.93. The van der Waals surface area contributed by atoms with Crippen molar-refractivity contribution in [3.63, 3.8) is 0 Å². The third kappa shape index (κ3) is 4.23. The highest BCUT2D eigenvalue weighted by atomic mass is 32.2. The van der Waals surface area contributed by atoms with Gasteiger partial charge in [-0.3, -0.25) is 0 Å². The van der Waals surface area contributed by atoms with E-state index in [9.17, 15) is 8.42 Å². The van der Waals surface area contributed by atoms with Gasteiger partial charge in [-0.2, -0.15) is 12.7 Å². The zero-order valence-electron chi connectivity index (χ0n) is 11.8. The molecule has 0 aliphatic carbocycles. The maximum atomic E-state index is 12.1. The summed E-state index contributed by atoms with van der Waals surface area (Å²) in [4.78, 5) is 4.32. The Bertz CT molecular complexity index is 522. The fourth-order valence-electron chi connectivity index (χ4n) is 2.20. The van der Waals surface area contributed by atoms with Crippen molar-refractivity contribution in [2.24, 2.45) is 0 Å². The van der Waals surface area contributed by atoms with Crippen LogP contribution in [0.1, 0.15) is 23.5 Å². The van der Waals surface area contributed by atoms with E-state index >= 15 is 0 Å². The summed E-state index contributed by atoms with van der Waals surface area (Å²) in [7, 11) is -1.70. The first-order valence-corrected chi connectivity index (χ1v) is 9.02. The van der Waals surface area contributed by atoms with Crippen molar-refractivity contribution < 1.29 is 13.2 Å². The zero-order valence-corrected chi connectivity index (χ0v) is 13.5. The number of hydrogen-bond acceptors (Lipinski definition) is 5. The predicted octanol–water partition coefficient (Wildman–Crippen LogP) is 0.939. The normalized spacial score (nSPS) is 18.5. The number of nitrogens with zero attached hydrogens (tertiary/aromatic N) is 2. The Morgan fingerprint density at radius 1 is 1.50 bits per heavy atom. The molecule has 2 rings (SSSR count). The van der Waals surface area contributed by atoms with Gasteiger partial charge in [0.25, 0.3) is 10.2 Å². The van der Waals surface area contributed by atoms with Crippen molar-refractivity contribution in [2.45, 2.75) is 32.3 Å². The van der Waals surface area contributed by atoms with Crippen LogP contribution < -0.4 is 4.72 Å². The van der Waals surface area contributed by atoms with Gasteiger partial charge < -0.3 is 4.74 Å². The van der Waals surface area contributed by atoms with Crippen molar-refractivity contribution >= 4 is 21.5 Å². The molecule has 0 unspecified atom stereocenters. The lowest BCUT2D eigenvalue weighted by molar-refractivity contribution is 0.0602. The topological polar surface area (TPSA) is 71.5 Å². The molecule has 1 aromatic heterocycles. The van der Waals surface area contributed by atoms with E-state index < -0.39 is 10.2 Å². The summed E-state index contributed by atoms with van der Waals surface area (Å²) >= 11 is 1.56. The van der Waals surface area contributed by atoms with Crippen molar-refractivity contribution in [3.05, 3.63) is 16.1 Å². The highest BCUT2D eigenvalue weighted by Crippen LogP contribution is 2.15. The molecule has 20 heavy (non-hydrogen) atoms. The summed E-state index contributed by atoms with van der Waals surface area (Å²) in [6, 6.07) is 0. The Morgan fingerprint density at radius 3 is 2.75 bits per heavy atom. The summed E-state index contributed by atoms with van der Waals surface area (Å²) < 4.78 is 33.6. The molecule has 114 valence electrons. The summed E-state index contributed by atoms with van der Waals surface area (Å²) in [6.07, 6.45) is 2.32. The summed E-state index contributed by atoms with van der Waals surface area (Å²) in [5.41, 5.74) is 0.981. The molecule has 1 saturated heterocycles. The molecule has 1 N–H and O–H groups in total. The van der Waals surface area contributed by atoms with Gasteiger partial charge in [-0.25, -0.2) is 9.71 Å². The molecular weight excluding hydrogens is 298 g/mol. The van der Waals surface area contributed by atoms with E-state index in [0.717, 1.165) is 23.5 Å². The van der Waals surface area contributed by atoms with E-state index in [4.69, 9.17) is 4.74 Å². The molecule has 1 aliphatic rings. The largest absolute Gasteiger partial charge is 0.381 e. The number of ether oxygens (including phenoxy) is 1. The minimum Gasteiger partial charge on any atom is -0.381 e. The second kappa shape index (κ2) is 6.95. The lowest BCUT2D eigenvalue weighted by atomic mass is 10.1. The fraction of sp³-hybridized carbons (Fsp3) is 0.750. The van der Waals surface area contributed by atoms with Gasteiger partial charge >= 0.3 is 0 Å². The standard InChI is InChI=1S/C12H21N3O3S2/c1-10-9-19-12(14-10)3-6-13-20(16,17)15-7-4-11(18-2)5-8-15/h9,11,13H,3-8H2,1-2H3. The van der Waals surface area contributed by atoms with Crippen LogP contribution in [-0.2, 0) is 21.4 Å². The lowest BCUT2D eigenvalue weighted by Gasteiger charge is -2.30. The van der Waals surface area contributed by atoms with E-state index in [2.05, 4.69) is 9.71 Å². The van der Waals surface area contributed by atoms with Gasteiger partial charge in [0.2, 0.25) is 0 Å². The number of rotatable bonds is 6. The minimum atomic E-state index is -3.37. The molecule has 0 amide bonds. The first kappa shape index (κ1) is 15.8. The van der Waals surface area contributed by atoms with Gasteiger partial charge in [-0.05, 0) is 19.8 Å². The van der Waals surface area contributed by atoms with Crippen LogP contribution in [0.2, 0.25) is 0 Å². The quantitative estimate of drug-likeness (QED) is 0.847. The Hall–Kier alpha value is -0.540. The number of aromatic nitrogens is 1. The Balaban J connectivity index is 1.79. The maximum absolute atomic E-state index is 12.1. The average molecular weight is 319 g/mol. The molecule has 8 heteroatoms. The average Bonchev–Trinajstić information content (AvgIpc) is 2.84. The molecule has 0 radical (unpaired) electrons. The maximum Gasteiger partial charge on any atom is 0.279 e. The molecule has 0 bridgehead atoms. The van der Waals surface area contributed by atoms with E-state index in [-0.39, 0.29) is 6.10 Å². The van der Waals surface area contributed by atoms with E-state index in [1.165, 1.54) is 4.31 Å². The van der Waals surface area contributed by atoms with Crippen molar-refractivity contribution in [1.29, 1.82) is 0 Å². The van der Waals surface area contributed by atoms with Gasteiger partial charge in [0.05, 0.1) is 11.1 Å². The molecule has 0 spiro atoms. The monoisotopic (exact) mass is 319 g/mol. The molecule has 0 aromatic carbocycles. The summed E-state index contributed by atoms with van der Waals surface area (Å²) in [5.74, 6) is 0. The van der Waals surface area contributed by atoms with E-state index in [0.29, 0.717) is 26.1 Å². The Labute approximate surface area is 124 Å². The Morgan fingerprint density at radius 2 is 2.20 bits per heavy atom. The first-order chi connectivity index (χ1) is 9.51. The van der Waals surface area contributed by atoms with Crippen molar-refractivity contribution in [2.75, 3.05) is 26.7 Å². The van der Waals surface area contributed by atoms with Gasteiger partial charge in [-0.15, -0.1) is 11.3 Å². The molecule has 1 fully saturated rings. The van der Waals surface area contributed by atoms with E-state index in [1.54, 1.807) is 18.4 Å². The minimum absolute atomic E-state index is 0.180. The molecule has 1 aliphatic heterocycles. The second-order valence-electron chi connectivity index (χ2n) is 4.87. The highest BCUT2D eigenvalue weighted by molar-refractivity contribution is 7.87. The first-order valence-electron chi connectivity index (χ1n) is 6.70. The number of methoxy groups -OCH3 is 1. The van der Waals surface area contributed by atoms with Crippen LogP contribution in [0.3, 0.4) is 0 Å². The molecule has 1 aromatic rings. The number of aryl methyl sites for hydroxylation is 1.